The summed E-state index contributed by atoms with van der Waals surface area (Å²) in [5.41, 5.74) is 2.74. The largest absolute Gasteiger partial charge is 0.448 e. The molecule has 0 saturated carbocycles. The van der Waals surface area contributed by atoms with Gasteiger partial charge in [0.05, 0.1) is 36.4 Å². The molecule has 1 amide bonds. The Kier molecular flexibility index (Phi) is 6.41. The van der Waals surface area contributed by atoms with E-state index in [4.69, 9.17) is 9.47 Å². The van der Waals surface area contributed by atoms with Crippen molar-refractivity contribution in [2.75, 3.05) is 19.8 Å². The number of carbonyl (C=O) groups excluding carboxylic acids is 2. The minimum atomic E-state index is -4.69. The van der Waals surface area contributed by atoms with Crippen molar-refractivity contribution >= 4 is 11.9 Å². The van der Waals surface area contributed by atoms with Crippen LogP contribution < -0.4 is 0 Å². The van der Waals surface area contributed by atoms with Gasteiger partial charge in [-0.15, -0.1) is 0 Å². The molecule has 2 unspecified atom stereocenters. The van der Waals surface area contributed by atoms with Crippen LogP contribution in [0.3, 0.4) is 0 Å². The number of rotatable bonds is 4. The normalized spacial score (nSPS) is 22.3. The van der Waals surface area contributed by atoms with Gasteiger partial charge in [-0.05, 0) is 53.3 Å². The Bertz CT molecular complexity index is 1380. The second-order valence-corrected chi connectivity index (χ2v) is 10.3. The van der Waals surface area contributed by atoms with Crippen molar-refractivity contribution in [3.8, 4) is 11.1 Å². The number of halogens is 4. The highest BCUT2D eigenvalue weighted by molar-refractivity contribution is 5.98. The van der Waals surface area contributed by atoms with Gasteiger partial charge < -0.3 is 9.47 Å². The van der Waals surface area contributed by atoms with Crippen LogP contribution >= 0.6 is 0 Å². The van der Waals surface area contributed by atoms with E-state index in [1.54, 1.807) is 4.90 Å². The van der Waals surface area contributed by atoms with Crippen LogP contribution in [-0.4, -0.2) is 48.7 Å². The quantitative estimate of drug-likeness (QED) is 0.282. The van der Waals surface area contributed by atoms with Gasteiger partial charge in [-0.2, -0.15) is 13.2 Å². The van der Waals surface area contributed by atoms with E-state index in [9.17, 15) is 27.2 Å². The first-order chi connectivity index (χ1) is 18.7. The third-order valence-corrected chi connectivity index (χ3v) is 8.00. The molecule has 0 N–H and O–H groups in total. The second kappa shape index (κ2) is 9.79. The maximum atomic E-state index is 14.4. The van der Waals surface area contributed by atoms with E-state index < -0.39 is 53.0 Å². The number of morpholine rings is 1. The van der Waals surface area contributed by atoms with Gasteiger partial charge in [0, 0.05) is 11.8 Å². The lowest BCUT2D eigenvalue weighted by atomic mass is 9.80. The number of hydrogen-bond donors (Lipinski definition) is 0. The predicted molar refractivity (Wildman–Crippen MR) is 134 cm³/mol. The zero-order chi connectivity index (χ0) is 27.3. The third-order valence-electron chi connectivity index (χ3n) is 8.00. The van der Waals surface area contributed by atoms with E-state index in [0.29, 0.717) is 18.2 Å². The maximum Gasteiger partial charge on any atom is 0.416 e. The molecule has 39 heavy (non-hydrogen) atoms. The number of alkyl halides is 3. The molecular weight excluding hydrogens is 514 g/mol. The molecule has 3 aromatic carbocycles. The average molecular weight is 540 g/mol. The predicted octanol–water partition coefficient (Wildman–Crippen LogP) is 6.46. The molecule has 3 aromatic rings. The minimum absolute atomic E-state index is 0.111. The third kappa shape index (κ3) is 4.58. The van der Waals surface area contributed by atoms with E-state index in [-0.39, 0.29) is 38.6 Å². The average Bonchev–Trinajstić information content (AvgIpc) is 3.24. The molecule has 202 valence electrons. The van der Waals surface area contributed by atoms with Gasteiger partial charge in [-0.25, -0.2) is 9.18 Å². The topological polar surface area (TPSA) is 55.8 Å². The van der Waals surface area contributed by atoms with Crippen molar-refractivity contribution in [2.45, 2.75) is 37.0 Å². The van der Waals surface area contributed by atoms with Gasteiger partial charge >= 0.3 is 12.3 Å². The van der Waals surface area contributed by atoms with Crippen molar-refractivity contribution < 1.29 is 36.6 Å². The van der Waals surface area contributed by atoms with Gasteiger partial charge in [-0.1, -0.05) is 48.5 Å². The summed E-state index contributed by atoms with van der Waals surface area (Å²) in [5, 5.41) is 0. The summed E-state index contributed by atoms with van der Waals surface area (Å²) in [6.07, 6.45) is -4.92. The smallest absolute Gasteiger partial charge is 0.416 e. The fourth-order valence-corrected chi connectivity index (χ4v) is 6.21. The number of amides is 1. The minimum Gasteiger partial charge on any atom is -0.448 e. The molecular formula is C30H25F4NO4. The lowest BCUT2D eigenvalue weighted by Crippen LogP contribution is -2.60. The molecule has 2 heterocycles. The molecule has 2 bridgehead atoms. The van der Waals surface area contributed by atoms with Crippen LogP contribution in [0.4, 0.5) is 22.4 Å². The molecule has 9 heteroatoms. The lowest BCUT2D eigenvalue weighted by Gasteiger charge is -2.47. The first-order valence-corrected chi connectivity index (χ1v) is 12.8. The number of benzene rings is 3. The standard InChI is InChI=1S/C30H25F4NO4/c31-27-10-9-18(30(32,33)34)13-25(27)28(36)17-11-19-14-38-15-20(12-17)35(19)29(37)39-16-26-23-7-3-1-5-21(23)22-6-2-4-8-24(22)26/h1-10,13,17,19-20,26H,11-12,14-16H2. The molecule has 1 aliphatic carbocycles. The number of ketones is 1. The SMILES string of the molecule is O=C(c1cc(C(F)(F)F)ccc1F)C1CC2COCC(C1)N2C(=O)OCC1c2ccccc2-c2ccccc21. The van der Waals surface area contributed by atoms with Crippen LogP contribution in [-0.2, 0) is 15.7 Å². The number of Topliss-reactive ketones (excluding diaryl/α,β-unsaturated/α-hetero) is 1. The highest BCUT2D eigenvalue weighted by atomic mass is 19.4. The molecule has 2 fully saturated rings. The molecule has 0 radical (unpaired) electrons. The summed E-state index contributed by atoms with van der Waals surface area (Å²) in [7, 11) is 0. The van der Waals surface area contributed by atoms with E-state index in [1.807, 2.05) is 48.5 Å². The maximum absolute atomic E-state index is 14.4. The number of ether oxygens (including phenoxy) is 2. The van der Waals surface area contributed by atoms with Crippen LogP contribution in [0.15, 0.2) is 66.7 Å². The summed E-state index contributed by atoms with van der Waals surface area (Å²) in [5.74, 6) is -2.53. The van der Waals surface area contributed by atoms with Crippen molar-refractivity contribution in [1.29, 1.82) is 0 Å². The Balaban J connectivity index is 1.17. The highest BCUT2D eigenvalue weighted by Gasteiger charge is 2.45. The first-order valence-electron chi connectivity index (χ1n) is 12.8. The van der Waals surface area contributed by atoms with Crippen LogP contribution in [0.2, 0.25) is 0 Å². The fourth-order valence-electron chi connectivity index (χ4n) is 6.21. The highest BCUT2D eigenvalue weighted by Crippen LogP contribution is 2.45. The van der Waals surface area contributed by atoms with Gasteiger partial charge in [0.25, 0.3) is 0 Å². The van der Waals surface area contributed by atoms with Crippen LogP contribution in [0.25, 0.3) is 11.1 Å². The van der Waals surface area contributed by atoms with E-state index in [2.05, 4.69) is 0 Å². The Morgan fingerprint density at radius 3 is 2.08 bits per heavy atom. The molecule has 3 aliphatic rings. The number of fused-ring (bicyclic) bond motifs is 5. The molecule has 0 aromatic heterocycles. The summed E-state index contributed by atoms with van der Waals surface area (Å²) in [6.45, 7) is 0.465. The number of nitrogens with zero attached hydrogens (tertiary/aromatic N) is 1. The fraction of sp³-hybridized carbons (Fsp3) is 0.333. The summed E-state index contributed by atoms with van der Waals surface area (Å²) in [4.78, 5) is 28.1. The zero-order valence-corrected chi connectivity index (χ0v) is 20.8. The Hall–Kier alpha value is -3.72. The van der Waals surface area contributed by atoms with Crippen LogP contribution in [0.1, 0.15) is 45.8 Å². The molecule has 0 spiro atoms. The summed E-state index contributed by atoms with van der Waals surface area (Å²) >= 11 is 0. The zero-order valence-electron chi connectivity index (χ0n) is 20.8. The Morgan fingerprint density at radius 2 is 1.49 bits per heavy atom. The molecule has 5 nitrogen and oxygen atoms in total. The molecule has 2 aliphatic heterocycles. The molecule has 6 rings (SSSR count). The van der Waals surface area contributed by atoms with Gasteiger partial charge in [0.1, 0.15) is 12.4 Å². The lowest BCUT2D eigenvalue weighted by molar-refractivity contribution is -0.137. The monoisotopic (exact) mass is 539 g/mol. The van der Waals surface area contributed by atoms with Crippen molar-refractivity contribution in [2.24, 2.45) is 5.92 Å². The van der Waals surface area contributed by atoms with E-state index in [0.717, 1.165) is 22.3 Å². The summed E-state index contributed by atoms with van der Waals surface area (Å²) < 4.78 is 65.4. The first kappa shape index (κ1) is 25.6. The van der Waals surface area contributed by atoms with Crippen LogP contribution in [0.5, 0.6) is 0 Å². The number of carbonyl (C=O) groups is 2. The van der Waals surface area contributed by atoms with Crippen molar-refractivity contribution in [3.05, 3.63) is 94.8 Å². The number of piperidine rings is 1. The van der Waals surface area contributed by atoms with Crippen LogP contribution in [0, 0.1) is 11.7 Å². The Labute approximate surface area is 222 Å². The Morgan fingerprint density at radius 1 is 0.897 bits per heavy atom. The van der Waals surface area contributed by atoms with Gasteiger partial charge in [-0.3, -0.25) is 9.69 Å². The number of hydrogen-bond acceptors (Lipinski definition) is 4. The summed E-state index contributed by atoms with van der Waals surface area (Å²) in [6, 6.07) is 16.9. The molecule has 2 atom stereocenters. The van der Waals surface area contributed by atoms with E-state index >= 15 is 0 Å². The van der Waals surface area contributed by atoms with Crippen molar-refractivity contribution in [3.63, 3.8) is 0 Å². The van der Waals surface area contributed by atoms with Gasteiger partial charge in [0.2, 0.25) is 0 Å². The molecule has 2 saturated heterocycles. The second-order valence-electron chi connectivity index (χ2n) is 10.3. The van der Waals surface area contributed by atoms with E-state index in [1.165, 1.54) is 0 Å². The van der Waals surface area contributed by atoms with Crippen molar-refractivity contribution in [1.82, 2.24) is 4.90 Å². The van der Waals surface area contributed by atoms with Gasteiger partial charge in [0.15, 0.2) is 5.78 Å².